The van der Waals surface area contributed by atoms with Crippen molar-refractivity contribution >= 4 is 24.2 Å². The molecule has 0 atom stereocenters. The standard InChI is InChI=1S/C18H27BOS/c1-3-15-9-11-17(12-10-15)19(2)18(20)14-21-13-16-7-5-4-6-8-16/h4-8,15,17H,3,9-14H2,1-2H3. The first-order valence-corrected chi connectivity index (χ1v) is 9.50. The Labute approximate surface area is 134 Å². The summed E-state index contributed by atoms with van der Waals surface area (Å²) >= 11 is 1.76. The maximum atomic E-state index is 12.4. The van der Waals surface area contributed by atoms with Gasteiger partial charge in [-0.1, -0.05) is 82.0 Å². The number of carbonyl (C=O) groups is 1. The summed E-state index contributed by atoms with van der Waals surface area (Å²) in [5.41, 5.74) is 1.77. The van der Waals surface area contributed by atoms with Gasteiger partial charge in [-0.25, -0.2) is 0 Å². The minimum absolute atomic E-state index is 0.256. The predicted octanol–water partition coefficient (Wildman–Crippen LogP) is 5.12. The Hall–Kier alpha value is -0.695. The highest BCUT2D eigenvalue weighted by Crippen LogP contribution is 2.36. The van der Waals surface area contributed by atoms with E-state index in [-0.39, 0.29) is 6.71 Å². The van der Waals surface area contributed by atoms with Crippen LogP contribution >= 0.6 is 11.8 Å². The largest absolute Gasteiger partial charge is 0.310 e. The second kappa shape index (κ2) is 8.68. The van der Waals surface area contributed by atoms with Crippen LogP contribution in [0.5, 0.6) is 0 Å². The molecule has 1 nitrogen and oxygen atoms in total. The van der Waals surface area contributed by atoms with Gasteiger partial charge in [0.15, 0.2) is 0 Å². The van der Waals surface area contributed by atoms with E-state index in [9.17, 15) is 4.79 Å². The molecule has 1 aromatic carbocycles. The Morgan fingerprint density at radius 3 is 2.48 bits per heavy atom. The molecule has 1 aliphatic carbocycles. The summed E-state index contributed by atoms with van der Waals surface area (Å²) in [7, 11) is 0. The molecule has 0 amide bonds. The molecule has 0 radical (unpaired) electrons. The number of benzene rings is 1. The highest BCUT2D eigenvalue weighted by molar-refractivity contribution is 7.99. The first kappa shape index (κ1) is 16.7. The van der Waals surface area contributed by atoms with Crippen LogP contribution in [-0.4, -0.2) is 18.1 Å². The Bertz CT molecular complexity index is 426. The molecule has 1 aromatic rings. The van der Waals surface area contributed by atoms with E-state index in [0.717, 1.165) is 11.7 Å². The van der Waals surface area contributed by atoms with E-state index in [4.69, 9.17) is 0 Å². The van der Waals surface area contributed by atoms with E-state index in [1.165, 1.54) is 37.7 Å². The van der Waals surface area contributed by atoms with Gasteiger partial charge in [0.05, 0.1) is 0 Å². The number of hydrogen-bond acceptors (Lipinski definition) is 2. The van der Waals surface area contributed by atoms with Crippen molar-refractivity contribution in [1.29, 1.82) is 0 Å². The van der Waals surface area contributed by atoms with E-state index < -0.39 is 0 Å². The Balaban J connectivity index is 1.70. The summed E-state index contributed by atoms with van der Waals surface area (Å²) in [4.78, 5) is 12.4. The van der Waals surface area contributed by atoms with E-state index in [1.54, 1.807) is 11.8 Å². The van der Waals surface area contributed by atoms with Crippen molar-refractivity contribution in [3.63, 3.8) is 0 Å². The Morgan fingerprint density at radius 1 is 1.19 bits per heavy atom. The summed E-state index contributed by atoms with van der Waals surface area (Å²) in [6.45, 7) is 4.70. The number of hydrogen-bond donors (Lipinski definition) is 0. The summed E-state index contributed by atoms with van der Waals surface area (Å²) in [5.74, 6) is 3.17. The molecule has 114 valence electrons. The molecule has 2 rings (SSSR count). The van der Waals surface area contributed by atoms with E-state index in [1.807, 2.05) is 6.07 Å². The lowest BCUT2D eigenvalue weighted by Gasteiger charge is -2.29. The number of rotatable bonds is 7. The third kappa shape index (κ3) is 5.21. The monoisotopic (exact) mass is 302 g/mol. The fourth-order valence-corrected chi connectivity index (χ4v) is 4.33. The first-order valence-electron chi connectivity index (χ1n) is 8.35. The molecule has 0 spiro atoms. The van der Waals surface area contributed by atoms with E-state index >= 15 is 0 Å². The fourth-order valence-electron chi connectivity index (χ4n) is 3.33. The van der Waals surface area contributed by atoms with Crippen LogP contribution in [0, 0.1) is 5.92 Å². The SMILES string of the molecule is CCC1CCC(B(C)C(=O)CSCc2ccccc2)CC1. The zero-order valence-electron chi connectivity index (χ0n) is 13.4. The van der Waals surface area contributed by atoms with E-state index in [0.29, 0.717) is 17.3 Å². The van der Waals surface area contributed by atoms with Crippen LogP contribution in [0.25, 0.3) is 0 Å². The van der Waals surface area contributed by atoms with Crippen LogP contribution in [0.4, 0.5) is 0 Å². The average molecular weight is 302 g/mol. The lowest BCUT2D eigenvalue weighted by atomic mass is 9.37. The van der Waals surface area contributed by atoms with Gasteiger partial charge in [0.2, 0.25) is 6.71 Å². The summed E-state index contributed by atoms with van der Waals surface area (Å²) < 4.78 is 0. The van der Waals surface area contributed by atoms with Gasteiger partial charge in [-0.05, 0) is 11.5 Å². The smallest absolute Gasteiger partial charge is 0.224 e. The molecule has 1 aliphatic rings. The third-order valence-corrected chi connectivity index (χ3v) is 6.07. The molecule has 0 N–H and O–H groups in total. The van der Waals surface area contributed by atoms with Crippen molar-refractivity contribution < 1.29 is 4.79 Å². The first-order chi connectivity index (χ1) is 10.2. The number of thioether (sulfide) groups is 1. The molecule has 0 saturated heterocycles. The molecule has 0 aromatic heterocycles. The van der Waals surface area contributed by atoms with Crippen molar-refractivity contribution in [3.8, 4) is 0 Å². The van der Waals surface area contributed by atoms with Gasteiger partial charge in [-0.15, -0.1) is 0 Å². The average Bonchev–Trinajstić information content (AvgIpc) is 2.55. The van der Waals surface area contributed by atoms with Gasteiger partial charge >= 0.3 is 0 Å². The van der Waals surface area contributed by atoms with Crippen molar-refractivity contribution in [2.24, 2.45) is 5.92 Å². The zero-order chi connectivity index (χ0) is 15.1. The second-order valence-corrected chi connectivity index (χ2v) is 7.41. The van der Waals surface area contributed by atoms with Crippen LogP contribution in [0.2, 0.25) is 12.6 Å². The topological polar surface area (TPSA) is 17.1 Å². The molecule has 3 heteroatoms. The van der Waals surface area contributed by atoms with Gasteiger partial charge in [-0.3, -0.25) is 0 Å². The van der Waals surface area contributed by atoms with Gasteiger partial charge in [0.1, 0.15) is 5.68 Å². The normalized spacial score (nSPS) is 22.0. The van der Waals surface area contributed by atoms with Gasteiger partial charge < -0.3 is 4.79 Å². The molecular weight excluding hydrogens is 275 g/mol. The molecule has 0 aliphatic heterocycles. The molecule has 1 fully saturated rings. The molecule has 0 bridgehead atoms. The number of carbonyl (C=O) groups excluding carboxylic acids is 1. The third-order valence-electron chi connectivity index (χ3n) is 5.04. The minimum Gasteiger partial charge on any atom is -0.310 e. The maximum Gasteiger partial charge on any atom is 0.224 e. The van der Waals surface area contributed by atoms with Gasteiger partial charge in [0.25, 0.3) is 0 Å². The molecule has 0 heterocycles. The maximum absolute atomic E-state index is 12.4. The van der Waals surface area contributed by atoms with Crippen molar-refractivity contribution in [2.75, 3.05) is 5.75 Å². The van der Waals surface area contributed by atoms with Crippen LogP contribution < -0.4 is 0 Å². The van der Waals surface area contributed by atoms with Crippen LogP contribution in [0.3, 0.4) is 0 Å². The zero-order valence-corrected chi connectivity index (χ0v) is 14.2. The van der Waals surface area contributed by atoms with Crippen LogP contribution in [0.1, 0.15) is 44.6 Å². The van der Waals surface area contributed by atoms with Gasteiger partial charge in [0, 0.05) is 11.5 Å². The molecule has 1 saturated carbocycles. The van der Waals surface area contributed by atoms with E-state index in [2.05, 4.69) is 38.0 Å². The predicted molar refractivity (Wildman–Crippen MR) is 95.2 cm³/mol. The Kier molecular flexibility index (Phi) is 6.89. The molecule has 0 unspecified atom stereocenters. The van der Waals surface area contributed by atoms with Gasteiger partial charge in [-0.2, -0.15) is 11.8 Å². The second-order valence-electron chi connectivity index (χ2n) is 6.42. The van der Waals surface area contributed by atoms with Crippen molar-refractivity contribution in [1.82, 2.24) is 0 Å². The molecular formula is C18H27BOS. The quantitative estimate of drug-likeness (QED) is 0.650. The summed E-state index contributed by atoms with van der Waals surface area (Å²) in [5, 5.41) is 0. The highest BCUT2D eigenvalue weighted by Gasteiger charge is 2.30. The van der Waals surface area contributed by atoms with Crippen LogP contribution in [-0.2, 0) is 10.5 Å². The molecule has 21 heavy (non-hydrogen) atoms. The highest BCUT2D eigenvalue weighted by atomic mass is 32.2. The fraction of sp³-hybridized carbons (Fsp3) is 0.611. The summed E-state index contributed by atoms with van der Waals surface area (Å²) in [6.07, 6.45) is 6.48. The van der Waals surface area contributed by atoms with Crippen molar-refractivity contribution in [2.45, 2.75) is 57.4 Å². The van der Waals surface area contributed by atoms with Crippen molar-refractivity contribution in [3.05, 3.63) is 35.9 Å². The lowest BCUT2D eigenvalue weighted by molar-refractivity contribution is -0.110. The minimum atomic E-state index is 0.256. The Morgan fingerprint density at radius 2 is 1.86 bits per heavy atom. The summed E-state index contributed by atoms with van der Waals surface area (Å²) in [6, 6.07) is 10.4. The van der Waals surface area contributed by atoms with Crippen LogP contribution in [0.15, 0.2) is 30.3 Å². The lowest BCUT2D eigenvalue weighted by Crippen LogP contribution is -2.32.